The molecule has 0 fully saturated rings. The fraction of sp³-hybridized carbons (Fsp3) is 0.111. The fourth-order valence-electron chi connectivity index (χ4n) is 1.23. The summed E-state index contributed by atoms with van der Waals surface area (Å²) in [7, 11) is 0. The molecule has 0 atom stereocenters. The average Bonchev–Trinajstić information content (AvgIpc) is 2.07. The van der Waals surface area contributed by atoms with Crippen LogP contribution in [-0.2, 0) is 0 Å². The van der Waals surface area contributed by atoms with Crippen LogP contribution in [0.1, 0.15) is 5.56 Å². The van der Waals surface area contributed by atoms with Crippen LogP contribution < -0.4 is 5.56 Å². The number of H-pyrrole nitrogens is 1. The average molecular weight is 160 g/mol. The zero-order valence-corrected chi connectivity index (χ0v) is 6.66. The number of nitrogens with one attached hydrogen (secondary N) is 1. The molecule has 2 aromatic heterocycles. The number of aromatic nitrogens is 2. The van der Waals surface area contributed by atoms with Crippen LogP contribution in [0.15, 0.2) is 29.3 Å². The summed E-state index contributed by atoms with van der Waals surface area (Å²) >= 11 is 0. The normalized spacial score (nSPS) is 10.4. The summed E-state index contributed by atoms with van der Waals surface area (Å²) in [5.74, 6) is 0. The highest BCUT2D eigenvalue weighted by Crippen LogP contribution is 2.09. The van der Waals surface area contributed by atoms with Gasteiger partial charge in [0.05, 0.1) is 0 Å². The molecule has 60 valence electrons. The lowest BCUT2D eigenvalue weighted by molar-refractivity contribution is 1.23. The first kappa shape index (κ1) is 7.03. The molecule has 0 aliphatic carbocycles. The molecule has 3 heteroatoms. The Morgan fingerprint density at radius 1 is 1.42 bits per heavy atom. The first-order valence-corrected chi connectivity index (χ1v) is 3.72. The molecule has 0 radical (unpaired) electrons. The first-order chi connectivity index (χ1) is 5.79. The minimum absolute atomic E-state index is 0.129. The van der Waals surface area contributed by atoms with E-state index in [1.807, 2.05) is 19.1 Å². The minimum Gasteiger partial charge on any atom is -0.327 e. The van der Waals surface area contributed by atoms with Crippen molar-refractivity contribution in [2.75, 3.05) is 0 Å². The predicted octanol–water partition coefficient (Wildman–Crippen LogP) is 1.23. The molecular weight excluding hydrogens is 152 g/mol. The second kappa shape index (κ2) is 2.44. The summed E-state index contributed by atoms with van der Waals surface area (Å²) in [4.78, 5) is 17.8. The number of hydrogen-bond donors (Lipinski definition) is 1. The summed E-state index contributed by atoms with van der Waals surface area (Å²) < 4.78 is 0. The molecule has 3 nitrogen and oxygen atoms in total. The fourth-order valence-corrected chi connectivity index (χ4v) is 1.23. The molecule has 0 saturated heterocycles. The molecule has 0 spiro atoms. The molecule has 2 aromatic rings. The van der Waals surface area contributed by atoms with E-state index >= 15 is 0 Å². The Hall–Kier alpha value is -1.64. The van der Waals surface area contributed by atoms with E-state index in [2.05, 4.69) is 9.97 Å². The quantitative estimate of drug-likeness (QED) is 0.630. The van der Waals surface area contributed by atoms with Gasteiger partial charge in [-0.25, -0.2) is 0 Å². The van der Waals surface area contributed by atoms with Crippen LogP contribution in [0.2, 0.25) is 0 Å². The maximum absolute atomic E-state index is 11.2. The topological polar surface area (TPSA) is 45.8 Å². The van der Waals surface area contributed by atoms with Gasteiger partial charge in [0, 0.05) is 17.8 Å². The molecule has 0 bridgehead atoms. The smallest absolute Gasteiger partial charge is 0.274 e. The number of pyridine rings is 2. The van der Waals surface area contributed by atoms with Crippen molar-refractivity contribution in [2.45, 2.75) is 6.92 Å². The highest BCUT2D eigenvalue weighted by atomic mass is 16.1. The number of fused-ring (bicyclic) bond motifs is 1. The highest BCUT2D eigenvalue weighted by molar-refractivity contribution is 5.80. The summed E-state index contributed by atoms with van der Waals surface area (Å²) in [6, 6.07) is 3.75. The Bertz CT molecular complexity index is 473. The summed E-state index contributed by atoms with van der Waals surface area (Å²) in [5.41, 5.74) is 1.46. The second-order valence-corrected chi connectivity index (χ2v) is 2.70. The van der Waals surface area contributed by atoms with E-state index in [9.17, 15) is 4.79 Å². The van der Waals surface area contributed by atoms with E-state index in [1.165, 1.54) is 0 Å². The van der Waals surface area contributed by atoms with Crippen LogP contribution in [0.4, 0.5) is 0 Å². The molecule has 2 heterocycles. The maximum atomic E-state index is 11.2. The van der Waals surface area contributed by atoms with E-state index in [1.54, 1.807) is 12.4 Å². The van der Waals surface area contributed by atoms with E-state index in [0.717, 1.165) is 10.9 Å². The van der Waals surface area contributed by atoms with Crippen molar-refractivity contribution in [2.24, 2.45) is 0 Å². The molecule has 0 amide bonds. The Morgan fingerprint density at radius 2 is 2.25 bits per heavy atom. The highest BCUT2D eigenvalue weighted by Gasteiger charge is 1.99. The monoisotopic (exact) mass is 160 g/mol. The van der Waals surface area contributed by atoms with E-state index < -0.39 is 0 Å². The first-order valence-electron chi connectivity index (χ1n) is 3.72. The van der Waals surface area contributed by atoms with Crippen molar-refractivity contribution in [3.05, 3.63) is 40.4 Å². The van der Waals surface area contributed by atoms with Gasteiger partial charge >= 0.3 is 0 Å². The lowest BCUT2D eigenvalue weighted by Gasteiger charge is -1.97. The van der Waals surface area contributed by atoms with Crippen LogP contribution >= 0.6 is 0 Å². The summed E-state index contributed by atoms with van der Waals surface area (Å²) in [6.45, 7) is 1.96. The molecule has 0 aliphatic heterocycles. The van der Waals surface area contributed by atoms with Crippen LogP contribution in [0.25, 0.3) is 10.9 Å². The largest absolute Gasteiger partial charge is 0.327 e. The molecular formula is C9H8N2O. The number of hydrogen-bond acceptors (Lipinski definition) is 2. The third-order valence-corrected chi connectivity index (χ3v) is 1.89. The predicted molar refractivity (Wildman–Crippen MR) is 47.1 cm³/mol. The zero-order chi connectivity index (χ0) is 8.55. The second-order valence-electron chi connectivity index (χ2n) is 2.70. The van der Waals surface area contributed by atoms with Gasteiger partial charge in [-0.1, -0.05) is 0 Å². The minimum atomic E-state index is -0.129. The molecule has 2 rings (SSSR count). The van der Waals surface area contributed by atoms with E-state index in [4.69, 9.17) is 0 Å². The van der Waals surface area contributed by atoms with E-state index in [0.29, 0.717) is 5.52 Å². The molecule has 12 heavy (non-hydrogen) atoms. The van der Waals surface area contributed by atoms with Gasteiger partial charge in [0.2, 0.25) is 0 Å². The third-order valence-electron chi connectivity index (χ3n) is 1.89. The molecule has 1 N–H and O–H groups in total. The van der Waals surface area contributed by atoms with Gasteiger partial charge in [0.25, 0.3) is 5.56 Å². The Balaban J connectivity index is 3.05. The van der Waals surface area contributed by atoms with Gasteiger partial charge in [-0.05, 0) is 24.6 Å². The maximum Gasteiger partial charge on any atom is 0.274 e. The van der Waals surface area contributed by atoms with Gasteiger partial charge in [0.15, 0.2) is 0 Å². The Labute approximate surface area is 69.1 Å². The summed E-state index contributed by atoms with van der Waals surface area (Å²) in [6.07, 6.45) is 3.28. The van der Waals surface area contributed by atoms with E-state index in [-0.39, 0.29) is 5.56 Å². The van der Waals surface area contributed by atoms with Crippen molar-refractivity contribution in [3.63, 3.8) is 0 Å². The number of rotatable bonds is 0. The molecule has 0 saturated carbocycles. The van der Waals surface area contributed by atoms with Gasteiger partial charge in [-0.3, -0.25) is 9.78 Å². The Kier molecular flexibility index (Phi) is 1.43. The third kappa shape index (κ3) is 0.906. The van der Waals surface area contributed by atoms with Crippen LogP contribution in [0.3, 0.4) is 0 Å². The van der Waals surface area contributed by atoms with Crippen LogP contribution in [0.5, 0.6) is 0 Å². The van der Waals surface area contributed by atoms with Gasteiger partial charge in [-0.2, -0.15) is 0 Å². The molecule has 0 unspecified atom stereocenters. The SMILES string of the molecule is Cc1ccnc2c(=O)[nH]ccc12. The van der Waals surface area contributed by atoms with Crippen molar-refractivity contribution < 1.29 is 0 Å². The van der Waals surface area contributed by atoms with Gasteiger partial charge in [0.1, 0.15) is 5.52 Å². The van der Waals surface area contributed by atoms with Crippen molar-refractivity contribution in [1.29, 1.82) is 0 Å². The Morgan fingerprint density at radius 3 is 3.00 bits per heavy atom. The van der Waals surface area contributed by atoms with Crippen molar-refractivity contribution in [1.82, 2.24) is 9.97 Å². The van der Waals surface area contributed by atoms with Crippen LogP contribution in [0, 0.1) is 6.92 Å². The van der Waals surface area contributed by atoms with Crippen molar-refractivity contribution >= 4 is 10.9 Å². The lowest BCUT2D eigenvalue weighted by Crippen LogP contribution is -2.06. The number of aromatic amines is 1. The standard InChI is InChI=1S/C9H8N2O/c1-6-2-4-10-8-7(6)3-5-11-9(8)12/h2-5H,1H3,(H,11,12). The number of aryl methyl sites for hydroxylation is 1. The number of nitrogens with zero attached hydrogens (tertiary/aromatic N) is 1. The lowest BCUT2D eigenvalue weighted by atomic mass is 10.2. The van der Waals surface area contributed by atoms with Gasteiger partial charge < -0.3 is 4.98 Å². The van der Waals surface area contributed by atoms with Gasteiger partial charge in [-0.15, -0.1) is 0 Å². The van der Waals surface area contributed by atoms with Crippen LogP contribution in [-0.4, -0.2) is 9.97 Å². The summed E-state index contributed by atoms with van der Waals surface area (Å²) in [5, 5.41) is 0.918. The molecule has 0 aromatic carbocycles. The zero-order valence-electron chi connectivity index (χ0n) is 6.66. The van der Waals surface area contributed by atoms with Crippen molar-refractivity contribution in [3.8, 4) is 0 Å². The molecule has 0 aliphatic rings.